The molecule has 0 radical (unpaired) electrons. The molecule has 0 spiro atoms. The Morgan fingerprint density at radius 1 is 1.00 bits per heavy atom. The first kappa shape index (κ1) is 17.5. The second-order valence-corrected chi connectivity index (χ2v) is 7.50. The Morgan fingerprint density at radius 2 is 1.76 bits per heavy atom. The van der Waals surface area contributed by atoms with Crippen molar-refractivity contribution in [2.45, 2.75) is 4.90 Å². The fraction of sp³-hybridized carbons (Fsp3) is 0. The third kappa shape index (κ3) is 4.22. The lowest BCUT2D eigenvalue weighted by atomic mass is 10.2. The standard InChI is InChI=1S/C17H12Cl2N2O3S/c18-12-6-8-15(16(19)10-12)17-9-7-13(24-17)11-20-21-25(22,23)14-4-2-1-3-5-14/h1-11,21H. The van der Waals surface area contributed by atoms with E-state index in [-0.39, 0.29) is 4.90 Å². The van der Waals surface area contributed by atoms with Gasteiger partial charge in [-0.05, 0) is 42.5 Å². The molecule has 0 atom stereocenters. The third-order valence-corrected chi connectivity index (χ3v) is 5.03. The highest BCUT2D eigenvalue weighted by Crippen LogP contribution is 2.31. The van der Waals surface area contributed by atoms with Crippen LogP contribution < -0.4 is 4.83 Å². The van der Waals surface area contributed by atoms with Crippen LogP contribution in [-0.4, -0.2) is 14.6 Å². The number of benzene rings is 2. The molecule has 2 aromatic carbocycles. The van der Waals surface area contributed by atoms with E-state index in [9.17, 15) is 8.42 Å². The van der Waals surface area contributed by atoms with Gasteiger partial charge >= 0.3 is 0 Å². The van der Waals surface area contributed by atoms with E-state index in [1.807, 2.05) is 0 Å². The van der Waals surface area contributed by atoms with Crippen LogP contribution in [0.2, 0.25) is 10.0 Å². The van der Waals surface area contributed by atoms with E-state index < -0.39 is 10.0 Å². The SMILES string of the molecule is O=S(=O)(NN=Cc1ccc(-c2ccc(Cl)cc2Cl)o1)c1ccccc1. The molecule has 25 heavy (non-hydrogen) atoms. The van der Waals surface area contributed by atoms with Gasteiger partial charge in [0.2, 0.25) is 0 Å². The Balaban J connectivity index is 1.74. The zero-order valence-corrected chi connectivity index (χ0v) is 15.0. The van der Waals surface area contributed by atoms with Crippen molar-refractivity contribution >= 4 is 39.4 Å². The minimum absolute atomic E-state index is 0.125. The predicted octanol–water partition coefficient (Wildman–Crippen LogP) is 4.57. The molecule has 0 saturated carbocycles. The van der Waals surface area contributed by atoms with Crippen LogP contribution in [0.1, 0.15) is 5.76 Å². The molecule has 8 heteroatoms. The first-order valence-corrected chi connectivity index (χ1v) is 9.35. The zero-order chi connectivity index (χ0) is 17.9. The van der Waals surface area contributed by atoms with E-state index >= 15 is 0 Å². The molecule has 0 saturated heterocycles. The van der Waals surface area contributed by atoms with Crippen LogP contribution in [0.4, 0.5) is 0 Å². The van der Waals surface area contributed by atoms with Gasteiger partial charge in [0.05, 0.1) is 16.1 Å². The molecule has 3 aromatic rings. The molecule has 0 amide bonds. The van der Waals surface area contributed by atoms with Gasteiger partial charge in [-0.1, -0.05) is 41.4 Å². The number of nitrogens with zero attached hydrogens (tertiary/aromatic N) is 1. The summed E-state index contributed by atoms with van der Waals surface area (Å²) in [6.07, 6.45) is 1.27. The number of hydrazone groups is 1. The summed E-state index contributed by atoms with van der Waals surface area (Å²) in [5.41, 5.74) is 0.676. The number of hydrogen-bond donors (Lipinski definition) is 1. The Hall–Kier alpha value is -2.28. The van der Waals surface area contributed by atoms with Crippen LogP contribution in [0.3, 0.4) is 0 Å². The maximum absolute atomic E-state index is 12.0. The number of sulfonamides is 1. The molecule has 5 nitrogen and oxygen atoms in total. The first-order chi connectivity index (χ1) is 12.0. The van der Waals surface area contributed by atoms with Gasteiger partial charge in [-0.15, -0.1) is 0 Å². The molecule has 3 rings (SSSR count). The van der Waals surface area contributed by atoms with Crippen molar-refractivity contribution in [1.82, 2.24) is 4.83 Å². The van der Waals surface area contributed by atoms with Gasteiger partial charge in [-0.3, -0.25) is 0 Å². The molecule has 1 aromatic heterocycles. The van der Waals surface area contributed by atoms with Crippen molar-refractivity contribution in [3.63, 3.8) is 0 Å². The van der Waals surface area contributed by atoms with Crippen molar-refractivity contribution in [2.24, 2.45) is 5.10 Å². The van der Waals surface area contributed by atoms with Crippen molar-refractivity contribution < 1.29 is 12.8 Å². The lowest BCUT2D eigenvalue weighted by Crippen LogP contribution is -2.18. The minimum atomic E-state index is -3.71. The summed E-state index contributed by atoms with van der Waals surface area (Å²) >= 11 is 12.0. The summed E-state index contributed by atoms with van der Waals surface area (Å²) in [5, 5.41) is 4.70. The molecule has 128 valence electrons. The lowest BCUT2D eigenvalue weighted by Gasteiger charge is -2.02. The highest BCUT2D eigenvalue weighted by molar-refractivity contribution is 7.89. The molecule has 0 fully saturated rings. The number of hydrogen-bond acceptors (Lipinski definition) is 4. The van der Waals surface area contributed by atoms with E-state index in [1.165, 1.54) is 18.3 Å². The summed E-state index contributed by atoms with van der Waals surface area (Å²) in [4.78, 5) is 2.26. The van der Waals surface area contributed by atoms with Crippen LogP contribution in [0.15, 0.2) is 75.1 Å². The number of nitrogens with one attached hydrogen (secondary N) is 1. The number of halogens is 2. The molecule has 1 heterocycles. The second-order valence-electron chi connectivity index (χ2n) is 4.99. The quantitative estimate of drug-likeness (QED) is 0.508. The van der Waals surface area contributed by atoms with Crippen molar-refractivity contribution in [3.8, 4) is 11.3 Å². The molecule has 0 bridgehead atoms. The lowest BCUT2D eigenvalue weighted by molar-refractivity contribution is 0.573. The molecule has 0 unspecified atom stereocenters. The Labute approximate surface area is 154 Å². The van der Waals surface area contributed by atoms with Gasteiger partial charge in [0, 0.05) is 10.6 Å². The van der Waals surface area contributed by atoms with Crippen molar-refractivity contribution in [1.29, 1.82) is 0 Å². The van der Waals surface area contributed by atoms with Gasteiger partial charge in [0.15, 0.2) is 0 Å². The van der Waals surface area contributed by atoms with E-state index in [0.717, 1.165) is 0 Å². The summed E-state index contributed by atoms with van der Waals surface area (Å²) in [6.45, 7) is 0. The van der Waals surface area contributed by atoms with Crippen molar-refractivity contribution in [2.75, 3.05) is 0 Å². The maximum Gasteiger partial charge on any atom is 0.276 e. The summed E-state index contributed by atoms with van der Waals surface area (Å²) in [7, 11) is -3.71. The van der Waals surface area contributed by atoms with Gasteiger partial charge in [0.1, 0.15) is 11.5 Å². The average Bonchev–Trinajstić information content (AvgIpc) is 3.04. The van der Waals surface area contributed by atoms with E-state index in [0.29, 0.717) is 27.1 Å². The summed E-state index contributed by atoms with van der Waals surface area (Å²) in [5.74, 6) is 0.894. The molecule has 0 aliphatic rings. The molecular weight excluding hydrogens is 383 g/mol. The van der Waals surface area contributed by atoms with Crippen molar-refractivity contribution in [3.05, 3.63) is 76.5 Å². The Bertz CT molecular complexity index is 1020. The monoisotopic (exact) mass is 394 g/mol. The summed E-state index contributed by atoms with van der Waals surface area (Å²) < 4.78 is 29.7. The zero-order valence-electron chi connectivity index (χ0n) is 12.7. The highest BCUT2D eigenvalue weighted by Gasteiger charge is 2.12. The van der Waals surface area contributed by atoms with Gasteiger partial charge in [0.25, 0.3) is 10.0 Å². The molecular formula is C17H12Cl2N2O3S. The van der Waals surface area contributed by atoms with Crippen LogP contribution in [0.25, 0.3) is 11.3 Å². The van der Waals surface area contributed by atoms with Crippen LogP contribution >= 0.6 is 23.2 Å². The van der Waals surface area contributed by atoms with Crippen LogP contribution in [0.5, 0.6) is 0 Å². The van der Waals surface area contributed by atoms with Gasteiger partial charge in [-0.2, -0.15) is 18.4 Å². The number of rotatable bonds is 5. The van der Waals surface area contributed by atoms with Gasteiger partial charge in [-0.25, -0.2) is 0 Å². The van der Waals surface area contributed by atoms with E-state index in [2.05, 4.69) is 9.93 Å². The highest BCUT2D eigenvalue weighted by atomic mass is 35.5. The second kappa shape index (κ2) is 7.31. The molecule has 0 aliphatic heterocycles. The predicted molar refractivity (Wildman–Crippen MR) is 98.5 cm³/mol. The average molecular weight is 395 g/mol. The Kier molecular flexibility index (Phi) is 5.13. The smallest absolute Gasteiger partial charge is 0.276 e. The largest absolute Gasteiger partial charge is 0.455 e. The van der Waals surface area contributed by atoms with E-state index in [1.54, 1.807) is 48.5 Å². The molecule has 1 N–H and O–H groups in total. The van der Waals surface area contributed by atoms with Gasteiger partial charge < -0.3 is 4.42 Å². The third-order valence-electron chi connectivity index (χ3n) is 3.24. The topological polar surface area (TPSA) is 71.7 Å². The fourth-order valence-electron chi connectivity index (χ4n) is 2.07. The van der Waals surface area contributed by atoms with E-state index in [4.69, 9.17) is 27.6 Å². The van der Waals surface area contributed by atoms with Crippen LogP contribution in [0, 0.1) is 0 Å². The summed E-state index contributed by atoms with van der Waals surface area (Å²) in [6, 6.07) is 16.4. The van der Waals surface area contributed by atoms with Crippen LogP contribution in [-0.2, 0) is 10.0 Å². The normalized spacial score (nSPS) is 11.8. The Morgan fingerprint density at radius 3 is 2.48 bits per heavy atom. The maximum atomic E-state index is 12.0. The number of furan rings is 1. The fourth-order valence-corrected chi connectivity index (χ4v) is 3.38. The molecule has 0 aliphatic carbocycles. The minimum Gasteiger partial charge on any atom is -0.455 e. The first-order valence-electron chi connectivity index (χ1n) is 7.11.